The number of nitrogens with zero attached hydrogens (tertiary/aromatic N) is 3. The van der Waals surface area contributed by atoms with E-state index in [1.54, 1.807) is 29.1 Å². The number of hydrogen-bond acceptors (Lipinski definition) is 4. The number of Topliss-reactive ketones (excluding diaryl/α,β-unsaturated/α-hetero) is 1. The number of hydrogen-bond donors (Lipinski definition) is 0. The van der Waals surface area contributed by atoms with Crippen LogP contribution in [0.5, 0.6) is 5.88 Å². The first-order valence-corrected chi connectivity index (χ1v) is 7.87. The van der Waals surface area contributed by atoms with E-state index in [0.717, 1.165) is 12.3 Å². The molecular formula is C16H18ClN3O2. The molecule has 6 heteroatoms. The summed E-state index contributed by atoms with van der Waals surface area (Å²) in [6, 6.07) is 5.17. The number of rotatable bonds is 7. The third-order valence-corrected chi connectivity index (χ3v) is 4.00. The molecule has 0 spiro atoms. The summed E-state index contributed by atoms with van der Waals surface area (Å²) in [5, 5.41) is 4.50. The molecule has 3 rings (SSSR count). The predicted molar refractivity (Wildman–Crippen MR) is 83.8 cm³/mol. The summed E-state index contributed by atoms with van der Waals surface area (Å²) in [4.78, 5) is 15.5. The molecule has 0 radical (unpaired) electrons. The van der Waals surface area contributed by atoms with Crippen LogP contribution in [-0.4, -0.2) is 27.2 Å². The van der Waals surface area contributed by atoms with Crippen molar-refractivity contribution in [3.05, 3.63) is 35.1 Å². The Hall–Kier alpha value is -1.88. The van der Waals surface area contributed by atoms with E-state index in [2.05, 4.69) is 10.1 Å². The number of pyridine rings is 1. The van der Waals surface area contributed by atoms with Crippen LogP contribution in [0.1, 0.15) is 43.0 Å². The molecule has 2 heterocycles. The summed E-state index contributed by atoms with van der Waals surface area (Å²) in [5.74, 6) is 1.95. The highest BCUT2D eigenvalue weighted by Crippen LogP contribution is 2.33. The van der Waals surface area contributed by atoms with Crippen LogP contribution < -0.4 is 4.74 Å². The van der Waals surface area contributed by atoms with E-state index >= 15 is 0 Å². The smallest absolute Gasteiger partial charge is 0.233 e. The van der Waals surface area contributed by atoms with Gasteiger partial charge >= 0.3 is 0 Å². The van der Waals surface area contributed by atoms with Crippen molar-refractivity contribution in [2.45, 2.75) is 32.6 Å². The van der Waals surface area contributed by atoms with Crippen molar-refractivity contribution in [3.8, 4) is 11.7 Å². The largest absolute Gasteiger partial charge is 0.477 e. The fourth-order valence-corrected chi connectivity index (χ4v) is 2.56. The van der Waals surface area contributed by atoms with Gasteiger partial charge in [-0.1, -0.05) is 24.4 Å². The van der Waals surface area contributed by atoms with Crippen LogP contribution in [0.25, 0.3) is 5.82 Å². The molecule has 0 N–H and O–H groups in total. The quantitative estimate of drug-likeness (QED) is 0.443. The van der Waals surface area contributed by atoms with E-state index in [0.29, 0.717) is 23.9 Å². The van der Waals surface area contributed by atoms with Gasteiger partial charge in [0.05, 0.1) is 12.2 Å². The summed E-state index contributed by atoms with van der Waals surface area (Å²) in [7, 11) is 0. The summed E-state index contributed by atoms with van der Waals surface area (Å²) in [6.45, 7) is 2.15. The van der Waals surface area contributed by atoms with Gasteiger partial charge in [0.15, 0.2) is 11.6 Å². The van der Waals surface area contributed by atoms with Crippen molar-refractivity contribution in [2.75, 3.05) is 6.61 Å². The Labute approximate surface area is 134 Å². The van der Waals surface area contributed by atoms with Gasteiger partial charge in [0, 0.05) is 12.3 Å². The standard InChI is InChI=1S/C16H18ClN3O2/c1-11(21)13-6-7-14(18-16(13)17)20-9-8-15(19-20)22-10-2-3-12-4-5-12/h6-9,12H,2-5,10H2,1H3. The maximum Gasteiger partial charge on any atom is 0.233 e. The van der Waals surface area contributed by atoms with Gasteiger partial charge in [0.25, 0.3) is 0 Å². The lowest BCUT2D eigenvalue weighted by Gasteiger charge is -2.04. The topological polar surface area (TPSA) is 57.0 Å². The zero-order valence-corrected chi connectivity index (χ0v) is 13.2. The van der Waals surface area contributed by atoms with Crippen LogP contribution in [0, 0.1) is 5.92 Å². The van der Waals surface area contributed by atoms with Gasteiger partial charge in [-0.3, -0.25) is 4.79 Å². The second kappa shape index (κ2) is 6.48. The second-order valence-corrected chi connectivity index (χ2v) is 5.95. The highest BCUT2D eigenvalue weighted by Gasteiger charge is 2.20. The summed E-state index contributed by atoms with van der Waals surface area (Å²) < 4.78 is 7.22. The Morgan fingerprint density at radius 3 is 2.91 bits per heavy atom. The van der Waals surface area contributed by atoms with Crippen LogP contribution in [0.3, 0.4) is 0 Å². The second-order valence-electron chi connectivity index (χ2n) is 5.60. The van der Waals surface area contributed by atoms with Crippen molar-refractivity contribution >= 4 is 17.4 Å². The number of halogens is 1. The number of ether oxygens (including phenoxy) is 1. The highest BCUT2D eigenvalue weighted by atomic mass is 35.5. The Balaban J connectivity index is 1.62. The van der Waals surface area contributed by atoms with Crippen LogP contribution in [0.15, 0.2) is 24.4 Å². The minimum atomic E-state index is -0.107. The first-order chi connectivity index (χ1) is 10.6. The zero-order valence-electron chi connectivity index (χ0n) is 12.5. The Morgan fingerprint density at radius 2 is 2.23 bits per heavy atom. The summed E-state index contributed by atoms with van der Waals surface area (Å²) in [5.41, 5.74) is 0.411. The molecule has 22 heavy (non-hydrogen) atoms. The number of carbonyl (C=O) groups is 1. The Kier molecular flexibility index (Phi) is 4.43. The van der Waals surface area contributed by atoms with Crippen molar-refractivity contribution in [1.29, 1.82) is 0 Å². The van der Waals surface area contributed by atoms with Gasteiger partial charge in [-0.15, -0.1) is 5.10 Å². The SMILES string of the molecule is CC(=O)c1ccc(-n2ccc(OCCCC3CC3)n2)nc1Cl. The predicted octanol–water partition coefficient (Wildman–Crippen LogP) is 3.69. The molecule has 0 bridgehead atoms. The normalized spacial score (nSPS) is 14.1. The fraction of sp³-hybridized carbons (Fsp3) is 0.438. The fourth-order valence-electron chi connectivity index (χ4n) is 2.28. The molecule has 0 amide bonds. The average molecular weight is 320 g/mol. The Morgan fingerprint density at radius 1 is 1.41 bits per heavy atom. The van der Waals surface area contributed by atoms with E-state index < -0.39 is 0 Å². The lowest BCUT2D eigenvalue weighted by molar-refractivity contribution is 0.101. The monoisotopic (exact) mass is 319 g/mol. The van der Waals surface area contributed by atoms with E-state index in [4.69, 9.17) is 16.3 Å². The molecule has 1 aliphatic carbocycles. The summed E-state index contributed by atoms with van der Waals surface area (Å²) in [6.07, 6.45) is 6.82. The van der Waals surface area contributed by atoms with E-state index in [9.17, 15) is 4.79 Å². The zero-order chi connectivity index (χ0) is 15.5. The molecule has 1 aliphatic rings. The van der Waals surface area contributed by atoms with E-state index in [1.807, 2.05) is 0 Å². The average Bonchev–Trinajstić information content (AvgIpc) is 3.19. The Bertz CT molecular complexity index is 680. The molecule has 1 fully saturated rings. The van der Waals surface area contributed by atoms with Crippen LogP contribution in [0.2, 0.25) is 5.15 Å². The first-order valence-electron chi connectivity index (χ1n) is 7.50. The lowest BCUT2D eigenvalue weighted by Crippen LogP contribution is -2.03. The third-order valence-electron chi connectivity index (χ3n) is 3.72. The molecule has 0 saturated heterocycles. The van der Waals surface area contributed by atoms with Crippen molar-refractivity contribution in [1.82, 2.24) is 14.8 Å². The molecule has 2 aromatic rings. The van der Waals surface area contributed by atoms with Gasteiger partial charge in [-0.05, 0) is 37.8 Å². The van der Waals surface area contributed by atoms with Gasteiger partial charge < -0.3 is 4.74 Å². The first kappa shape index (κ1) is 15.0. The third kappa shape index (κ3) is 3.65. The van der Waals surface area contributed by atoms with Crippen LogP contribution in [0.4, 0.5) is 0 Å². The van der Waals surface area contributed by atoms with Crippen LogP contribution in [-0.2, 0) is 0 Å². The minimum absolute atomic E-state index is 0.107. The molecule has 116 valence electrons. The van der Waals surface area contributed by atoms with Gasteiger partial charge in [-0.2, -0.15) is 0 Å². The van der Waals surface area contributed by atoms with Crippen molar-refractivity contribution in [2.24, 2.45) is 5.92 Å². The maximum absolute atomic E-state index is 11.4. The van der Waals surface area contributed by atoms with Crippen molar-refractivity contribution < 1.29 is 9.53 Å². The van der Waals surface area contributed by atoms with Gasteiger partial charge in [0.2, 0.25) is 5.88 Å². The summed E-state index contributed by atoms with van der Waals surface area (Å²) >= 11 is 6.01. The van der Waals surface area contributed by atoms with Crippen molar-refractivity contribution in [3.63, 3.8) is 0 Å². The molecule has 5 nitrogen and oxygen atoms in total. The molecule has 1 saturated carbocycles. The van der Waals surface area contributed by atoms with Crippen LogP contribution >= 0.6 is 11.6 Å². The highest BCUT2D eigenvalue weighted by molar-refractivity contribution is 6.32. The molecule has 2 aromatic heterocycles. The van der Waals surface area contributed by atoms with E-state index in [-0.39, 0.29) is 10.9 Å². The molecular weight excluding hydrogens is 302 g/mol. The number of carbonyl (C=O) groups excluding carboxylic acids is 1. The maximum atomic E-state index is 11.4. The molecule has 0 atom stereocenters. The van der Waals surface area contributed by atoms with E-state index in [1.165, 1.54) is 26.2 Å². The number of aromatic nitrogens is 3. The molecule has 0 aliphatic heterocycles. The minimum Gasteiger partial charge on any atom is -0.477 e. The van der Waals surface area contributed by atoms with Gasteiger partial charge in [-0.25, -0.2) is 9.67 Å². The molecule has 0 unspecified atom stereocenters. The number of ketones is 1. The molecule has 0 aromatic carbocycles. The van der Waals surface area contributed by atoms with Gasteiger partial charge in [0.1, 0.15) is 5.15 Å². The lowest BCUT2D eigenvalue weighted by atomic mass is 10.2.